The molecule has 2 aromatic rings. The number of aryl methyl sites for hydroxylation is 1. The summed E-state index contributed by atoms with van der Waals surface area (Å²) >= 11 is 0. The largest absolute Gasteiger partial charge is 0.374 e. The molecular weight excluding hydrogens is 264 g/mol. The standard InChI is InChI=1S/C16H20N4O/c1-10-8-12(9-17)18-14-13(6-7-20(10)14)15(21)19-16(2,3)11-4-5-11/h6-8,11,15,19,21H,4-5H2,1-3H3. The van der Waals surface area contributed by atoms with Gasteiger partial charge in [-0.25, -0.2) is 4.98 Å². The predicted octanol–water partition coefficient (Wildman–Crippen LogP) is 2.28. The second kappa shape index (κ2) is 4.83. The van der Waals surface area contributed by atoms with E-state index in [2.05, 4.69) is 30.2 Å². The lowest BCUT2D eigenvalue weighted by molar-refractivity contribution is 0.0949. The number of nitrogens with zero attached hydrogens (tertiary/aromatic N) is 3. The molecule has 3 rings (SSSR count). The molecule has 0 aromatic carbocycles. The van der Waals surface area contributed by atoms with Crippen LogP contribution in [0.3, 0.4) is 0 Å². The Bertz CT molecular complexity index is 722. The third-order valence-corrected chi connectivity index (χ3v) is 4.36. The first kappa shape index (κ1) is 14.1. The van der Waals surface area contributed by atoms with E-state index in [4.69, 9.17) is 5.26 Å². The van der Waals surface area contributed by atoms with E-state index in [1.54, 1.807) is 6.07 Å². The molecule has 1 saturated carbocycles. The van der Waals surface area contributed by atoms with Crippen LogP contribution in [-0.4, -0.2) is 20.0 Å². The van der Waals surface area contributed by atoms with Crippen LogP contribution in [0.1, 0.15) is 49.9 Å². The Balaban J connectivity index is 1.96. The van der Waals surface area contributed by atoms with E-state index in [9.17, 15) is 5.11 Å². The minimum atomic E-state index is -0.786. The van der Waals surface area contributed by atoms with Crippen molar-refractivity contribution in [1.29, 1.82) is 5.26 Å². The lowest BCUT2D eigenvalue weighted by Gasteiger charge is -2.29. The number of aliphatic hydroxyl groups is 1. The van der Waals surface area contributed by atoms with Crippen LogP contribution in [0, 0.1) is 24.2 Å². The number of hydrogen-bond donors (Lipinski definition) is 2. The summed E-state index contributed by atoms with van der Waals surface area (Å²) in [4.78, 5) is 4.33. The number of aromatic nitrogens is 2. The van der Waals surface area contributed by atoms with Crippen LogP contribution < -0.4 is 5.32 Å². The molecule has 2 N–H and O–H groups in total. The van der Waals surface area contributed by atoms with Gasteiger partial charge in [-0.05, 0) is 51.7 Å². The molecule has 0 aliphatic heterocycles. The van der Waals surface area contributed by atoms with Crippen molar-refractivity contribution >= 4 is 5.65 Å². The highest BCUT2D eigenvalue weighted by molar-refractivity contribution is 5.53. The smallest absolute Gasteiger partial charge is 0.145 e. The molecule has 2 heterocycles. The number of nitriles is 1. The average molecular weight is 284 g/mol. The molecule has 0 spiro atoms. The van der Waals surface area contributed by atoms with Crippen LogP contribution in [0.5, 0.6) is 0 Å². The maximum atomic E-state index is 10.5. The SMILES string of the molecule is Cc1cc(C#N)nc2c(C(O)NC(C)(C)C3CC3)ccn12. The van der Waals surface area contributed by atoms with Crippen molar-refractivity contribution in [3.05, 3.63) is 35.3 Å². The van der Waals surface area contributed by atoms with Crippen molar-refractivity contribution in [3.8, 4) is 6.07 Å². The van der Waals surface area contributed by atoms with Crippen LogP contribution in [0.4, 0.5) is 0 Å². The summed E-state index contributed by atoms with van der Waals surface area (Å²) in [5.74, 6) is 0.616. The van der Waals surface area contributed by atoms with Gasteiger partial charge in [0.2, 0.25) is 0 Å². The van der Waals surface area contributed by atoms with Gasteiger partial charge in [-0.15, -0.1) is 0 Å². The Kier molecular flexibility index (Phi) is 3.23. The van der Waals surface area contributed by atoms with Crippen molar-refractivity contribution < 1.29 is 5.11 Å². The number of rotatable bonds is 4. The van der Waals surface area contributed by atoms with E-state index in [0.717, 1.165) is 5.69 Å². The van der Waals surface area contributed by atoms with Gasteiger partial charge >= 0.3 is 0 Å². The molecule has 1 atom stereocenters. The molecule has 0 radical (unpaired) electrons. The van der Waals surface area contributed by atoms with Crippen molar-refractivity contribution in [2.75, 3.05) is 0 Å². The summed E-state index contributed by atoms with van der Waals surface area (Å²) < 4.78 is 1.89. The second-order valence-corrected chi connectivity index (χ2v) is 6.40. The van der Waals surface area contributed by atoms with E-state index < -0.39 is 6.23 Å². The minimum Gasteiger partial charge on any atom is -0.374 e. The predicted molar refractivity (Wildman–Crippen MR) is 79.5 cm³/mol. The molecule has 1 fully saturated rings. The molecule has 2 aromatic heterocycles. The molecule has 1 unspecified atom stereocenters. The Morgan fingerprint density at radius 3 is 2.86 bits per heavy atom. The van der Waals surface area contributed by atoms with Gasteiger partial charge in [-0.2, -0.15) is 5.26 Å². The van der Waals surface area contributed by atoms with Crippen LogP contribution in [0.2, 0.25) is 0 Å². The normalized spacial score (nSPS) is 16.9. The number of nitrogens with one attached hydrogen (secondary N) is 1. The highest BCUT2D eigenvalue weighted by Gasteiger charge is 2.39. The van der Waals surface area contributed by atoms with Gasteiger partial charge in [-0.3, -0.25) is 5.32 Å². The zero-order chi connectivity index (χ0) is 15.2. The highest BCUT2D eigenvalue weighted by Crippen LogP contribution is 2.40. The second-order valence-electron chi connectivity index (χ2n) is 6.40. The first-order chi connectivity index (χ1) is 9.92. The maximum absolute atomic E-state index is 10.5. The maximum Gasteiger partial charge on any atom is 0.145 e. The molecule has 0 bridgehead atoms. The van der Waals surface area contributed by atoms with Crippen LogP contribution in [0.15, 0.2) is 18.3 Å². The van der Waals surface area contributed by atoms with Crippen molar-refractivity contribution in [2.24, 2.45) is 5.92 Å². The topological polar surface area (TPSA) is 73.3 Å². The first-order valence-electron chi connectivity index (χ1n) is 7.27. The fraction of sp³-hybridized carbons (Fsp3) is 0.500. The Labute approximate surface area is 124 Å². The summed E-state index contributed by atoms with van der Waals surface area (Å²) in [6, 6.07) is 5.66. The zero-order valence-corrected chi connectivity index (χ0v) is 12.6. The van der Waals surface area contributed by atoms with Gasteiger partial charge < -0.3 is 9.51 Å². The highest BCUT2D eigenvalue weighted by atomic mass is 16.3. The summed E-state index contributed by atoms with van der Waals surface area (Å²) in [6.07, 6.45) is 3.51. The molecule has 110 valence electrons. The summed E-state index contributed by atoms with van der Waals surface area (Å²) in [7, 11) is 0. The van der Waals surface area contributed by atoms with E-state index in [1.807, 2.05) is 23.6 Å². The number of hydrogen-bond acceptors (Lipinski definition) is 4. The van der Waals surface area contributed by atoms with Gasteiger partial charge in [0.1, 0.15) is 23.6 Å². The zero-order valence-electron chi connectivity index (χ0n) is 12.6. The fourth-order valence-electron chi connectivity index (χ4n) is 2.88. The Morgan fingerprint density at radius 2 is 2.24 bits per heavy atom. The summed E-state index contributed by atoms with van der Waals surface area (Å²) in [5.41, 5.74) is 2.54. The van der Waals surface area contributed by atoms with E-state index in [0.29, 0.717) is 22.8 Å². The molecule has 1 aliphatic rings. The van der Waals surface area contributed by atoms with Gasteiger partial charge in [-0.1, -0.05) is 0 Å². The van der Waals surface area contributed by atoms with E-state index in [-0.39, 0.29) is 5.54 Å². The van der Waals surface area contributed by atoms with Crippen LogP contribution >= 0.6 is 0 Å². The third-order valence-electron chi connectivity index (χ3n) is 4.36. The fourth-order valence-corrected chi connectivity index (χ4v) is 2.88. The van der Waals surface area contributed by atoms with E-state index >= 15 is 0 Å². The Hall–Kier alpha value is -1.90. The molecule has 5 heteroatoms. The van der Waals surface area contributed by atoms with Crippen molar-refractivity contribution in [2.45, 2.75) is 45.4 Å². The molecule has 21 heavy (non-hydrogen) atoms. The first-order valence-corrected chi connectivity index (χ1v) is 7.27. The lowest BCUT2D eigenvalue weighted by atomic mass is 9.98. The molecular formula is C16H20N4O. The quantitative estimate of drug-likeness (QED) is 0.845. The van der Waals surface area contributed by atoms with Crippen LogP contribution in [-0.2, 0) is 0 Å². The minimum absolute atomic E-state index is 0.102. The van der Waals surface area contributed by atoms with Crippen molar-refractivity contribution in [1.82, 2.24) is 14.7 Å². The number of fused-ring (bicyclic) bond motifs is 1. The van der Waals surface area contributed by atoms with Crippen molar-refractivity contribution in [3.63, 3.8) is 0 Å². The third kappa shape index (κ3) is 2.53. The van der Waals surface area contributed by atoms with Crippen LogP contribution in [0.25, 0.3) is 5.65 Å². The molecule has 5 nitrogen and oxygen atoms in total. The van der Waals surface area contributed by atoms with Gasteiger partial charge in [0.15, 0.2) is 0 Å². The Morgan fingerprint density at radius 1 is 1.52 bits per heavy atom. The van der Waals surface area contributed by atoms with Gasteiger partial charge in [0, 0.05) is 23.0 Å². The monoisotopic (exact) mass is 284 g/mol. The van der Waals surface area contributed by atoms with Gasteiger partial charge in [0.25, 0.3) is 0 Å². The summed E-state index contributed by atoms with van der Waals surface area (Å²) in [5, 5.41) is 22.9. The number of aliphatic hydroxyl groups excluding tert-OH is 1. The summed E-state index contributed by atoms with van der Waals surface area (Å²) in [6.45, 7) is 6.16. The average Bonchev–Trinajstić information content (AvgIpc) is 3.19. The molecule has 0 amide bonds. The molecule has 0 saturated heterocycles. The van der Waals surface area contributed by atoms with Gasteiger partial charge in [0.05, 0.1) is 0 Å². The molecule has 1 aliphatic carbocycles. The van der Waals surface area contributed by atoms with E-state index in [1.165, 1.54) is 12.8 Å². The lowest BCUT2D eigenvalue weighted by Crippen LogP contribution is -2.43.